The summed E-state index contributed by atoms with van der Waals surface area (Å²) in [4.78, 5) is 11.1. The number of methoxy groups -OCH3 is 1. The maximum Gasteiger partial charge on any atom is 0.323 e. The van der Waals surface area contributed by atoms with Gasteiger partial charge >= 0.3 is 5.97 Å². The summed E-state index contributed by atoms with van der Waals surface area (Å²) in [5.74, 6) is -0.866. The lowest BCUT2D eigenvalue weighted by molar-refractivity contribution is -0.144. The van der Waals surface area contributed by atoms with Gasteiger partial charge in [0.05, 0.1) is 19.3 Å². The third kappa shape index (κ3) is 1.49. The quantitative estimate of drug-likeness (QED) is 0.599. The fourth-order valence-electron chi connectivity index (χ4n) is 2.26. The molecule has 0 unspecified atom stereocenters. The predicted molar refractivity (Wildman–Crippen MR) is 49.0 cm³/mol. The van der Waals surface area contributed by atoms with Gasteiger partial charge in [0.1, 0.15) is 12.2 Å². The molecule has 1 aliphatic carbocycles. The summed E-state index contributed by atoms with van der Waals surface area (Å²) < 4.78 is 17.9. The third-order valence-electron chi connectivity index (χ3n) is 2.94. The lowest BCUT2D eigenvalue weighted by atomic mass is 9.99. The van der Waals surface area contributed by atoms with Crippen LogP contribution in [0.15, 0.2) is 0 Å². The number of alkyl halides is 1. The maximum absolute atomic E-state index is 13.3. The second-order valence-electron chi connectivity index (χ2n) is 3.60. The zero-order valence-corrected chi connectivity index (χ0v) is 8.46. The molecule has 2 fully saturated rings. The highest BCUT2D eigenvalue weighted by molar-refractivity contribution is 5.85. The number of ether oxygens (including phenoxy) is 1. The molecule has 1 saturated carbocycles. The van der Waals surface area contributed by atoms with Crippen molar-refractivity contribution in [1.29, 1.82) is 0 Å². The van der Waals surface area contributed by atoms with E-state index >= 15 is 0 Å². The molecule has 2 aliphatic rings. The van der Waals surface area contributed by atoms with Crippen LogP contribution in [-0.2, 0) is 9.53 Å². The predicted octanol–water partition coefficient (Wildman–Crippen LogP) is -0.360. The fraction of sp³-hybridized carbons (Fsp3) is 0.875. The number of fused-ring (bicyclic) bond motifs is 2. The van der Waals surface area contributed by atoms with E-state index in [9.17, 15) is 14.3 Å². The summed E-state index contributed by atoms with van der Waals surface area (Å²) in [6.45, 7) is 0. The molecule has 0 amide bonds. The number of hydrogen-bond acceptors (Lipinski definition) is 4. The first-order chi connectivity index (χ1) is 6.15. The Morgan fingerprint density at radius 1 is 1.64 bits per heavy atom. The van der Waals surface area contributed by atoms with Crippen LogP contribution in [0.4, 0.5) is 4.39 Å². The van der Waals surface area contributed by atoms with Gasteiger partial charge < -0.3 is 9.84 Å². The van der Waals surface area contributed by atoms with Crippen LogP contribution in [0.3, 0.4) is 0 Å². The van der Waals surface area contributed by atoms with Crippen molar-refractivity contribution in [3.05, 3.63) is 0 Å². The molecule has 2 rings (SSSR count). The Labute approximate surface area is 87.2 Å². The molecule has 0 aromatic carbocycles. The number of hydrogen-bond donors (Lipinski definition) is 2. The molecule has 14 heavy (non-hydrogen) atoms. The minimum Gasteiger partial charge on any atom is -0.468 e. The summed E-state index contributed by atoms with van der Waals surface area (Å²) in [6, 6.07) is -1.16. The Bertz CT molecular complexity index is 241. The highest BCUT2D eigenvalue weighted by atomic mass is 35.5. The van der Waals surface area contributed by atoms with E-state index in [4.69, 9.17) is 0 Å². The largest absolute Gasteiger partial charge is 0.468 e. The van der Waals surface area contributed by atoms with Crippen LogP contribution < -0.4 is 5.32 Å². The van der Waals surface area contributed by atoms with E-state index in [2.05, 4.69) is 10.1 Å². The van der Waals surface area contributed by atoms with Gasteiger partial charge in [0.25, 0.3) is 0 Å². The first-order valence-electron chi connectivity index (χ1n) is 4.31. The molecular weight excluding hydrogens is 213 g/mol. The summed E-state index contributed by atoms with van der Waals surface area (Å²) in [5.41, 5.74) is 0. The minimum atomic E-state index is -1.13. The molecule has 0 radical (unpaired) electrons. The Balaban J connectivity index is 0.000000980. The smallest absolute Gasteiger partial charge is 0.323 e. The van der Waals surface area contributed by atoms with Crippen molar-refractivity contribution in [2.75, 3.05) is 7.11 Å². The number of piperidine rings is 1. The van der Waals surface area contributed by atoms with Crippen molar-refractivity contribution in [2.45, 2.75) is 30.8 Å². The minimum absolute atomic E-state index is 0. The number of carbonyl (C=O) groups is 1. The molecule has 1 aliphatic heterocycles. The zero-order chi connectivity index (χ0) is 9.59. The molecule has 1 heterocycles. The van der Waals surface area contributed by atoms with Crippen LogP contribution in [0.25, 0.3) is 0 Å². The van der Waals surface area contributed by atoms with Gasteiger partial charge in [-0.3, -0.25) is 10.1 Å². The Morgan fingerprint density at radius 2 is 2.29 bits per heavy atom. The second-order valence-corrected chi connectivity index (χ2v) is 3.60. The number of aliphatic hydroxyl groups excluding tert-OH is 1. The first kappa shape index (κ1) is 11.7. The van der Waals surface area contributed by atoms with Crippen molar-refractivity contribution in [3.8, 4) is 0 Å². The topological polar surface area (TPSA) is 58.6 Å². The molecule has 0 aromatic rings. The maximum atomic E-state index is 13.3. The SMILES string of the molecule is COC(=O)[C@H]1N[C@@H]2[C@@H](F)[C@H]1C[C@H]2O.Cl. The van der Waals surface area contributed by atoms with Crippen LogP contribution >= 0.6 is 12.4 Å². The van der Waals surface area contributed by atoms with Gasteiger partial charge in [0.15, 0.2) is 0 Å². The van der Waals surface area contributed by atoms with E-state index < -0.39 is 36.2 Å². The van der Waals surface area contributed by atoms with Crippen molar-refractivity contribution >= 4 is 18.4 Å². The van der Waals surface area contributed by atoms with E-state index in [1.165, 1.54) is 7.11 Å². The number of halogens is 2. The molecule has 1 saturated heterocycles. The van der Waals surface area contributed by atoms with Gasteiger partial charge in [-0.05, 0) is 6.42 Å². The van der Waals surface area contributed by atoms with Crippen LogP contribution in [-0.4, -0.2) is 42.5 Å². The van der Waals surface area contributed by atoms with E-state index in [0.717, 1.165) is 0 Å². The van der Waals surface area contributed by atoms with Crippen molar-refractivity contribution in [2.24, 2.45) is 5.92 Å². The highest BCUT2D eigenvalue weighted by Crippen LogP contribution is 2.38. The first-order valence-corrected chi connectivity index (χ1v) is 4.31. The van der Waals surface area contributed by atoms with Gasteiger partial charge in [-0.1, -0.05) is 0 Å². The molecule has 6 heteroatoms. The van der Waals surface area contributed by atoms with Crippen LogP contribution in [0.1, 0.15) is 6.42 Å². The van der Waals surface area contributed by atoms with E-state index in [1.807, 2.05) is 0 Å². The summed E-state index contributed by atoms with van der Waals surface area (Å²) in [5, 5.41) is 12.0. The Morgan fingerprint density at radius 3 is 2.64 bits per heavy atom. The third-order valence-corrected chi connectivity index (χ3v) is 2.94. The number of carbonyl (C=O) groups excluding carboxylic acids is 1. The lowest BCUT2D eigenvalue weighted by Gasteiger charge is -2.23. The standard InChI is InChI=1S/C8H12FNO3.ClH/c1-13-8(12)6-3-2-4(11)7(10-6)5(3)9;/h3-7,10-11H,2H2,1H3;1H/t3-,4-,5+,6+,7+;/m1./s1. The van der Waals surface area contributed by atoms with Gasteiger partial charge in [-0.15, -0.1) is 12.4 Å². The normalized spacial score (nSPS) is 44.6. The van der Waals surface area contributed by atoms with E-state index in [0.29, 0.717) is 6.42 Å². The Kier molecular flexibility index (Phi) is 3.34. The van der Waals surface area contributed by atoms with Gasteiger partial charge in [-0.2, -0.15) is 0 Å². The van der Waals surface area contributed by atoms with Gasteiger partial charge in [0, 0.05) is 5.92 Å². The number of esters is 1. The monoisotopic (exact) mass is 225 g/mol. The molecule has 2 N–H and O–H groups in total. The second kappa shape index (κ2) is 4.00. The molecular formula is C8H13ClFNO3. The Hall–Kier alpha value is -0.390. The number of nitrogens with one attached hydrogen (secondary N) is 1. The molecule has 82 valence electrons. The van der Waals surface area contributed by atoms with Crippen molar-refractivity contribution in [1.82, 2.24) is 5.32 Å². The van der Waals surface area contributed by atoms with Gasteiger partial charge in [0.2, 0.25) is 0 Å². The van der Waals surface area contributed by atoms with E-state index in [1.54, 1.807) is 0 Å². The van der Waals surface area contributed by atoms with Crippen molar-refractivity contribution in [3.63, 3.8) is 0 Å². The van der Waals surface area contributed by atoms with Crippen LogP contribution in [0.5, 0.6) is 0 Å². The lowest BCUT2D eigenvalue weighted by Crippen LogP contribution is -2.48. The molecule has 0 spiro atoms. The molecule has 0 aromatic heterocycles. The zero-order valence-electron chi connectivity index (χ0n) is 7.64. The fourth-order valence-corrected chi connectivity index (χ4v) is 2.26. The number of aliphatic hydroxyl groups is 1. The van der Waals surface area contributed by atoms with E-state index in [-0.39, 0.29) is 12.4 Å². The summed E-state index contributed by atoms with van der Waals surface area (Å²) in [7, 11) is 1.28. The highest BCUT2D eigenvalue weighted by Gasteiger charge is 2.56. The average Bonchev–Trinajstić information content (AvgIpc) is 2.57. The average molecular weight is 226 g/mol. The van der Waals surface area contributed by atoms with Crippen LogP contribution in [0.2, 0.25) is 0 Å². The molecule has 5 atom stereocenters. The van der Waals surface area contributed by atoms with Crippen molar-refractivity contribution < 1.29 is 19.0 Å². The van der Waals surface area contributed by atoms with Crippen LogP contribution in [0, 0.1) is 5.92 Å². The van der Waals surface area contributed by atoms with Gasteiger partial charge in [-0.25, -0.2) is 4.39 Å². The number of rotatable bonds is 1. The molecule has 2 bridgehead atoms. The summed E-state index contributed by atoms with van der Waals surface area (Å²) >= 11 is 0. The molecule has 4 nitrogen and oxygen atoms in total. The summed E-state index contributed by atoms with van der Waals surface area (Å²) in [6.07, 6.45) is -1.45.